The minimum absolute atomic E-state index is 0.0746. The second-order valence-electron chi connectivity index (χ2n) is 5.67. The van der Waals surface area contributed by atoms with Gasteiger partial charge in [-0.3, -0.25) is 0 Å². The Bertz CT molecular complexity index is 439. The molecule has 3 nitrogen and oxygen atoms in total. The molecule has 0 amide bonds. The Hall–Kier alpha value is -1.11. The van der Waals surface area contributed by atoms with Gasteiger partial charge in [-0.1, -0.05) is 12.1 Å². The van der Waals surface area contributed by atoms with E-state index < -0.39 is 17.8 Å². The minimum Gasteiger partial charge on any atom is -0.386 e. The van der Waals surface area contributed by atoms with Crippen molar-refractivity contribution < 1.29 is 27.8 Å². The third-order valence-corrected chi connectivity index (χ3v) is 2.64. The van der Waals surface area contributed by atoms with Crippen LogP contribution in [-0.2, 0) is 15.7 Å². The van der Waals surface area contributed by atoms with E-state index in [1.165, 1.54) is 12.1 Å². The molecule has 0 radical (unpaired) electrons. The molecule has 0 spiro atoms. The van der Waals surface area contributed by atoms with Gasteiger partial charge in [0.25, 0.3) is 0 Å². The van der Waals surface area contributed by atoms with Gasteiger partial charge in [0.2, 0.25) is 0 Å². The van der Waals surface area contributed by atoms with Crippen molar-refractivity contribution in [2.24, 2.45) is 0 Å². The number of alkyl halides is 3. The number of ether oxygens (including phenoxy) is 2. The number of aliphatic hydroxyl groups is 1. The van der Waals surface area contributed by atoms with E-state index in [2.05, 4.69) is 0 Å². The van der Waals surface area contributed by atoms with Crippen LogP contribution in [0, 0.1) is 0 Å². The first kappa shape index (κ1) is 17.9. The van der Waals surface area contributed by atoms with Crippen molar-refractivity contribution in [3.05, 3.63) is 35.4 Å². The van der Waals surface area contributed by atoms with Crippen molar-refractivity contribution in [1.29, 1.82) is 0 Å². The number of benzene rings is 1. The van der Waals surface area contributed by atoms with Crippen LogP contribution >= 0.6 is 0 Å². The summed E-state index contributed by atoms with van der Waals surface area (Å²) in [7, 11) is 0. The van der Waals surface area contributed by atoms with Crippen LogP contribution < -0.4 is 0 Å². The zero-order valence-corrected chi connectivity index (χ0v) is 12.4. The van der Waals surface area contributed by atoms with E-state index >= 15 is 0 Å². The van der Waals surface area contributed by atoms with Crippen molar-refractivity contribution >= 4 is 0 Å². The summed E-state index contributed by atoms with van der Waals surface area (Å²) in [6, 6.07) is 4.60. The smallest absolute Gasteiger partial charge is 0.386 e. The Labute approximate surface area is 122 Å². The second-order valence-corrected chi connectivity index (χ2v) is 5.67. The van der Waals surface area contributed by atoms with E-state index in [1.807, 2.05) is 20.8 Å². The van der Waals surface area contributed by atoms with Crippen molar-refractivity contribution in [1.82, 2.24) is 0 Å². The molecule has 0 aliphatic heterocycles. The fourth-order valence-corrected chi connectivity index (χ4v) is 1.62. The van der Waals surface area contributed by atoms with Gasteiger partial charge in [-0.15, -0.1) is 0 Å². The molecule has 0 bridgehead atoms. The predicted octanol–water partition coefficient (Wildman–Crippen LogP) is 3.57. The SMILES string of the molecule is CC(C)(C)OCCOCC(O)c1cccc(C(F)(F)F)c1. The van der Waals surface area contributed by atoms with Crippen LogP contribution in [0.1, 0.15) is 38.0 Å². The predicted molar refractivity (Wildman–Crippen MR) is 72.9 cm³/mol. The molecule has 1 aromatic rings. The first-order valence-electron chi connectivity index (χ1n) is 6.66. The van der Waals surface area contributed by atoms with Crippen LogP contribution in [0.15, 0.2) is 24.3 Å². The zero-order chi connectivity index (χ0) is 16.1. The summed E-state index contributed by atoms with van der Waals surface area (Å²) in [5.41, 5.74) is -0.875. The van der Waals surface area contributed by atoms with Crippen LogP contribution in [0.3, 0.4) is 0 Å². The number of aliphatic hydroxyl groups excluding tert-OH is 1. The molecule has 0 heterocycles. The highest BCUT2D eigenvalue weighted by Gasteiger charge is 2.30. The molecule has 1 aromatic carbocycles. The Morgan fingerprint density at radius 3 is 2.38 bits per heavy atom. The maximum Gasteiger partial charge on any atom is 0.416 e. The van der Waals surface area contributed by atoms with Gasteiger partial charge in [0.05, 0.1) is 31.0 Å². The molecule has 0 saturated carbocycles. The van der Waals surface area contributed by atoms with Gasteiger partial charge in [-0.05, 0) is 38.5 Å². The summed E-state index contributed by atoms with van der Waals surface area (Å²) in [5, 5.41) is 9.84. The van der Waals surface area contributed by atoms with E-state index in [0.29, 0.717) is 6.61 Å². The molecule has 21 heavy (non-hydrogen) atoms. The third kappa shape index (κ3) is 6.93. The summed E-state index contributed by atoms with van der Waals surface area (Å²) in [5.74, 6) is 0. The van der Waals surface area contributed by atoms with Crippen LogP contribution in [0.2, 0.25) is 0 Å². The summed E-state index contributed by atoms with van der Waals surface area (Å²) in [4.78, 5) is 0. The number of hydrogen-bond acceptors (Lipinski definition) is 3. The Morgan fingerprint density at radius 1 is 1.14 bits per heavy atom. The summed E-state index contributed by atoms with van der Waals surface area (Å²) in [6.07, 6.45) is -5.51. The van der Waals surface area contributed by atoms with E-state index in [4.69, 9.17) is 9.47 Å². The van der Waals surface area contributed by atoms with Gasteiger partial charge in [-0.25, -0.2) is 0 Å². The minimum atomic E-state index is -4.42. The van der Waals surface area contributed by atoms with Crippen LogP contribution in [0.4, 0.5) is 13.2 Å². The second kappa shape index (κ2) is 7.24. The van der Waals surface area contributed by atoms with Crippen LogP contribution in [0.5, 0.6) is 0 Å². The van der Waals surface area contributed by atoms with Gasteiger partial charge < -0.3 is 14.6 Å². The van der Waals surface area contributed by atoms with Gasteiger partial charge >= 0.3 is 6.18 Å². The monoisotopic (exact) mass is 306 g/mol. The Morgan fingerprint density at radius 2 is 1.81 bits per heavy atom. The molecule has 0 fully saturated rings. The van der Waals surface area contributed by atoms with Crippen molar-refractivity contribution in [3.8, 4) is 0 Å². The van der Waals surface area contributed by atoms with Gasteiger partial charge in [0.15, 0.2) is 0 Å². The fourth-order valence-electron chi connectivity index (χ4n) is 1.62. The van der Waals surface area contributed by atoms with E-state index in [9.17, 15) is 18.3 Å². The van der Waals surface area contributed by atoms with E-state index in [-0.39, 0.29) is 24.4 Å². The van der Waals surface area contributed by atoms with Crippen molar-refractivity contribution in [3.63, 3.8) is 0 Å². The molecule has 6 heteroatoms. The van der Waals surface area contributed by atoms with Crippen molar-refractivity contribution in [2.45, 2.75) is 38.7 Å². The first-order chi connectivity index (χ1) is 9.59. The Kier molecular flexibility index (Phi) is 6.19. The third-order valence-electron chi connectivity index (χ3n) is 2.64. The molecular weight excluding hydrogens is 285 g/mol. The lowest BCUT2D eigenvalue weighted by molar-refractivity contribution is -0.137. The van der Waals surface area contributed by atoms with Gasteiger partial charge in [-0.2, -0.15) is 13.2 Å². The lowest BCUT2D eigenvalue weighted by Crippen LogP contribution is -2.22. The molecule has 1 atom stereocenters. The topological polar surface area (TPSA) is 38.7 Å². The first-order valence-corrected chi connectivity index (χ1v) is 6.66. The quantitative estimate of drug-likeness (QED) is 0.817. The fraction of sp³-hybridized carbons (Fsp3) is 0.600. The largest absolute Gasteiger partial charge is 0.416 e. The standard InChI is InChI=1S/C15H21F3O3/c1-14(2,3)21-8-7-20-10-13(19)11-5-4-6-12(9-11)15(16,17)18/h4-6,9,13,19H,7-8,10H2,1-3H3. The van der Waals surface area contributed by atoms with E-state index in [1.54, 1.807) is 0 Å². The molecule has 1 N–H and O–H groups in total. The van der Waals surface area contributed by atoms with Gasteiger partial charge in [0, 0.05) is 0 Å². The molecule has 0 aliphatic carbocycles. The molecule has 0 saturated heterocycles. The Balaban J connectivity index is 2.44. The van der Waals surface area contributed by atoms with E-state index in [0.717, 1.165) is 12.1 Å². The van der Waals surface area contributed by atoms with Crippen LogP contribution in [-0.4, -0.2) is 30.5 Å². The number of rotatable bonds is 6. The average molecular weight is 306 g/mol. The highest BCUT2D eigenvalue weighted by molar-refractivity contribution is 5.27. The highest BCUT2D eigenvalue weighted by Crippen LogP contribution is 2.30. The zero-order valence-electron chi connectivity index (χ0n) is 12.4. The average Bonchev–Trinajstić information content (AvgIpc) is 2.36. The normalized spacial score (nSPS) is 14.2. The number of halogens is 3. The summed E-state index contributed by atoms with van der Waals surface area (Å²) >= 11 is 0. The summed E-state index contributed by atoms with van der Waals surface area (Å²) in [6.45, 7) is 6.28. The maximum absolute atomic E-state index is 12.6. The molecule has 0 aliphatic rings. The molecule has 120 valence electrons. The molecule has 1 unspecified atom stereocenters. The lowest BCUT2D eigenvalue weighted by atomic mass is 10.1. The van der Waals surface area contributed by atoms with Crippen LogP contribution in [0.25, 0.3) is 0 Å². The molecule has 0 aromatic heterocycles. The number of hydrogen-bond donors (Lipinski definition) is 1. The molecule has 1 rings (SSSR count). The highest BCUT2D eigenvalue weighted by atomic mass is 19.4. The van der Waals surface area contributed by atoms with Crippen molar-refractivity contribution in [2.75, 3.05) is 19.8 Å². The van der Waals surface area contributed by atoms with Gasteiger partial charge in [0.1, 0.15) is 6.10 Å². The summed E-state index contributed by atoms with van der Waals surface area (Å²) < 4.78 is 48.3. The lowest BCUT2D eigenvalue weighted by Gasteiger charge is -2.20. The molecular formula is C15H21F3O3. The maximum atomic E-state index is 12.6.